The summed E-state index contributed by atoms with van der Waals surface area (Å²) in [6.07, 6.45) is 2.38. The van der Waals surface area contributed by atoms with Gasteiger partial charge in [0.1, 0.15) is 17.3 Å². The van der Waals surface area contributed by atoms with Crippen molar-refractivity contribution in [1.82, 2.24) is 9.78 Å². The number of phenols is 1. The van der Waals surface area contributed by atoms with Gasteiger partial charge in [-0.2, -0.15) is 5.10 Å². The Morgan fingerprint density at radius 2 is 2.09 bits per heavy atom. The molecule has 0 aliphatic rings. The quantitative estimate of drug-likeness (QED) is 0.726. The molecule has 0 fully saturated rings. The zero-order chi connectivity index (χ0) is 16.4. The van der Waals surface area contributed by atoms with E-state index in [0.717, 1.165) is 11.8 Å². The number of aromatic hydroxyl groups is 1. The highest BCUT2D eigenvalue weighted by atomic mass is 19.1. The number of anilines is 1. The van der Waals surface area contributed by atoms with Gasteiger partial charge in [-0.15, -0.1) is 0 Å². The summed E-state index contributed by atoms with van der Waals surface area (Å²) in [7, 11) is 1.71. The SMILES string of the molecule is CNc1cn(-c2cccc(-c3ccc(F)cc3O)c2)nc1C=O. The fourth-order valence-corrected chi connectivity index (χ4v) is 2.36. The summed E-state index contributed by atoms with van der Waals surface area (Å²) in [5.74, 6) is -0.629. The molecule has 0 saturated heterocycles. The van der Waals surface area contributed by atoms with Crippen molar-refractivity contribution in [2.45, 2.75) is 0 Å². The van der Waals surface area contributed by atoms with E-state index < -0.39 is 5.82 Å². The molecular weight excluding hydrogens is 297 g/mol. The molecule has 0 spiro atoms. The van der Waals surface area contributed by atoms with Gasteiger partial charge in [0.05, 0.1) is 17.6 Å². The standard InChI is InChI=1S/C17H14FN3O2/c1-19-15-9-21(20-16(15)10-22)13-4-2-3-11(7-13)14-6-5-12(18)8-17(14)23/h2-10,19,23H,1H3. The van der Waals surface area contributed by atoms with Crippen LogP contribution < -0.4 is 5.32 Å². The average molecular weight is 311 g/mol. The minimum absolute atomic E-state index is 0.132. The number of carbonyl (C=O) groups is 1. The van der Waals surface area contributed by atoms with Crippen LogP contribution in [-0.2, 0) is 0 Å². The third-order valence-electron chi connectivity index (χ3n) is 3.51. The molecule has 5 nitrogen and oxygen atoms in total. The fourth-order valence-electron chi connectivity index (χ4n) is 2.36. The molecule has 0 atom stereocenters. The van der Waals surface area contributed by atoms with Gasteiger partial charge in [0.2, 0.25) is 0 Å². The fraction of sp³-hybridized carbons (Fsp3) is 0.0588. The van der Waals surface area contributed by atoms with Crippen molar-refractivity contribution in [3.8, 4) is 22.6 Å². The molecule has 2 N–H and O–H groups in total. The lowest BCUT2D eigenvalue weighted by Crippen LogP contribution is -1.96. The molecule has 0 aliphatic heterocycles. The van der Waals surface area contributed by atoms with Gasteiger partial charge in [0.15, 0.2) is 6.29 Å². The molecule has 6 heteroatoms. The molecule has 23 heavy (non-hydrogen) atoms. The first kappa shape index (κ1) is 14.8. The number of halogens is 1. The Bertz CT molecular complexity index is 874. The molecule has 1 aromatic heterocycles. The van der Waals surface area contributed by atoms with E-state index >= 15 is 0 Å². The van der Waals surface area contributed by atoms with Gasteiger partial charge in [-0.05, 0) is 29.8 Å². The van der Waals surface area contributed by atoms with Crippen molar-refractivity contribution in [2.75, 3.05) is 12.4 Å². The van der Waals surface area contributed by atoms with E-state index in [4.69, 9.17) is 0 Å². The monoisotopic (exact) mass is 311 g/mol. The van der Waals surface area contributed by atoms with Gasteiger partial charge >= 0.3 is 0 Å². The first-order valence-corrected chi connectivity index (χ1v) is 6.94. The largest absolute Gasteiger partial charge is 0.507 e. The Morgan fingerprint density at radius 1 is 1.26 bits per heavy atom. The van der Waals surface area contributed by atoms with Crippen LogP contribution in [0.2, 0.25) is 0 Å². The highest BCUT2D eigenvalue weighted by Crippen LogP contribution is 2.31. The molecule has 0 amide bonds. The number of aldehydes is 1. The summed E-state index contributed by atoms with van der Waals surface area (Å²) in [6, 6.07) is 11.1. The lowest BCUT2D eigenvalue weighted by molar-refractivity contribution is 0.111. The summed E-state index contributed by atoms with van der Waals surface area (Å²) in [6.45, 7) is 0. The maximum atomic E-state index is 13.1. The van der Waals surface area contributed by atoms with Gasteiger partial charge in [0.25, 0.3) is 0 Å². The summed E-state index contributed by atoms with van der Waals surface area (Å²) >= 11 is 0. The van der Waals surface area contributed by atoms with Crippen LogP contribution in [0.25, 0.3) is 16.8 Å². The number of benzene rings is 2. The normalized spacial score (nSPS) is 10.5. The Labute approximate surface area is 132 Å². The Hall–Kier alpha value is -3.15. The number of aromatic nitrogens is 2. The molecule has 0 saturated carbocycles. The predicted molar refractivity (Wildman–Crippen MR) is 85.6 cm³/mol. The molecule has 116 valence electrons. The molecule has 3 aromatic rings. The first-order chi connectivity index (χ1) is 11.1. The molecular formula is C17H14FN3O2. The number of phenolic OH excluding ortho intramolecular Hbond substituents is 1. The van der Waals surface area contributed by atoms with Crippen molar-refractivity contribution >= 4 is 12.0 Å². The number of nitrogens with zero attached hydrogens (tertiary/aromatic N) is 2. The van der Waals surface area contributed by atoms with E-state index in [1.807, 2.05) is 6.07 Å². The molecule has 2 aromatic carbocycles. The zero-order valence-electron chi connectivity index (χ0n) is 12.3. The topological polar surface area (TPSA) is 67.2 Å². The molecule has 0 radical (unpaired) electrons. The second-order valence-corrected chi connectivity index (χ2v) is 4.95. The van der Waals surface area contributed by atoms with E-state index in [0.29, 0.717) is 28.8 Å². The smallest absolute Gasteiger partial charge is 0.172 e. The van der Waals surface area contributed by atoms with E-state index in [2.05, 4.69) is 10.4 Å². The maximum Gasteiger partial charge on any atom is 0.172 e. The molecule has 0 aliphatic carbocycles. The van der Waals surface area contributed by atoms with Crippen molar-refractivity contribution < 1.29 is 14.3 Å². The van der Waals surface area contributed by atoms with Crippen LogP contribution in [0.15, 0.2) is 48.7 Å². The van der Waals surface area contributed by atoms with Gasteiger partial charge in [-0.1, -0.05) is 12.1 Å². The molecule has 0 unspecified atom stereocenters. The Kier molecular flexibility index (Phi) is 3.80. The second-order valence-electron chi connectivity index (χ2n) is 4.95. The van der Waals surface area contributed by atoms with Crippen LogP contribution in [-0.4, -0.2) is 28.2 Å². The minimum atomic E-state index is -0.497. The minimum Gasteiger partial charge on any atom is -0.507 e. The van der Waals surface area contributed by atoms with Gasteiger partial charge < -0.3 is 10.4 Å². The van der Waals surface area contributed by atoms with Crippen molar-refractivity contribution in [2.24, 2.45) is 0 Å². The lowest BCUT2D eigenvalue weighted by Gasteiger charge is -2.07. The second kappa shape index (κ2) is 5.92. The summed E-state index contributed by atoms with van der Waals surface area (Å²) in [5.41, 5.74) is 2.88. The van der Waals surface area contributed by atoms with Crippen LogP contribution in [0.3, 0.4) is 0 Å². The maximum absolute atomic E-state index is 13.1. The van der Waals surface area contributed by atoms with E-state index in [9.17, 15) is 14.3 Å². The summed E-state index contributed by atoms with van der Waals surface area (Å²) in [4.78, 5) is 11.0. The Balaban J connectivity index is 2.06. The number of rotatable bonds is 4. The average Bonchev–Trinajstić information content (AvgIpc) is 2.98. The molecule has 3 rings (SSSR count). The van der Waals surface area contributed by atoms with Crippen molar-refractivity contribution in [3.05, 3.63) is 60.2 Å². The first-order valence-electron chi connectivity index (χ1n) is 6.94. The van der Waals surface area contributed by atoms with Crippen LogP contribution in [0, 0.1) is 5.82 Å². The van der Waals surface area contributed by atoms with E-state index in [-0.39, 0.29) is 5.75 Å². The number of nitrogens with one attached hydrogen (secondary N) is 1. The highest BCUT2D eigenvalue weighted by molar-refractivity contribution is 5.81. The van der Waals surface area contributed by atoms with E-state index in [1.165, 1.54) is 12.1 Å². The molecule has 0 bridgehead atoms. The van der Waals surface area contributed by atoms with Crippen LogP contribution >= 0.6 is 0 Å². The lowest BCUT2D eigenvalue weighted by atomic mass is 10.0. The van der Waals surface area contributed by atoms with Crippen molar-refractivity contribution in [3.63, 3.8) is 0 Å². The number of hydrogen-bond acceptors (Lipinski definition) is 4. The Morgan fingerprint density at radius 3 is 2.74 bits per heavy atom. The van der Waals surface area contributed by atoms with Crippen LogP contribution in [0.4, 0.5) is 10.1 Å². The van der Waals surface area contributed by atoms with Crippen LogP contribution in [0.5, 0.6) is 5.75 Å². The molecule has 1 heterocycles. The van der Waals surface area contributed by atoms with Gasteiger partial charge in [-0.3, -0.25) is 4.79 Å². The number of hydrogen-bond donors (Lipinski definition) is 2. The zero-order valence-corrected chi connectivity index (χ0v) is 12.3. The van der Waals surface area contributed by atoms with Gasteiger partial charge in [0, 0.05) is 18.7 Å². The van der Waals surface area contributed by atoms with Gasteiger partial charge in [-0.25, -0.2) is 9.07 Å². The summed E-state index contributed by atoms with van der Waals surface area (Å²) < 4.78 is 14.7. The van der Waals surface area contributed by atoms with Crippen molar-refractivity contribution in [1.29, 1.82) is 0 Å². The summed E-state index contributed by atoms with van der Waals surface area (Å²) in [5, 5.41) is 17.0. The predicted octanol–water partition coefficient (Wildman–Crippen LogP) is 3.24. The third kappa shape index (κ3) is 2.78. The third-order valence-corrected chi connectivity index (χ3v) is 3.51. The van der Waals surface area contributed by atoms with Crippen LogP contribution in [0.1, 0.15) is 10.5 Å². The number of carbonyl (C=O) groups excluding carboxylic acids is 1. The highest BCUT2D eigenvalue weighted by Gasteiger charge is 2.10. The van der Waals surface area contributed by atoms with E-state index in [1.54, 1.807) is 36.1 Å².